The molecule has 4 nitrogen and oxygen atoms in total. The molecule has 0 amide bonds. The van der Waals surface area contributed by atoms with Gasteiger partial charge in [-0.25, -0.2) is 0 Å². The van der Waals surface area contributed by atoms with Crippen LogP contribution in [0.25, 0.3) is 0 Å². The number of carbonyl (C=O) groups excluding carboxylic acids is 1. The van der Waals surface area contributed by atoms with Crippen molar-refractivity contribution in [1.29, 1.82) is 0 Å². The van der Waals surface area contributed by atoms with Crippen molar-refractivity contribution in [3.8, 4) is 11.5 Å². The number of hydrogen-bond donors (Lipinski definition) is 0. The lowest BCUT2D eigenvalue weighted by Gasteiger charge is -2.67. The van der Waals surface area contributed by atoms with Gasteiger partial charge < -0.3 is 9.47 Å². The minimum atomic E-state index is -0.451. The van der Waals surface area contributed by atoms with Crippen LogP contribution >= 0.6 is 0 Å². The number of ketones is 1. The van der Waals surface area contributed by atoms with E-state index in [-0.39, 0.29) is 113 Å². The fourth-order valence-electron chi connectivity index (χ4n) is 7.20. The van der Waals surface area contributed by atoms with Crippen molar-refractivity contribution in [2.24, 2.45) is 11.8 Å². The Hall–Kier alpha value is -1.55. The number of nitrogens with zero attached hydrogens (tertiary/aromatic N) is 1. The molecule has 4 aliphatic rings. The summed E-state index contributed by atoms with van der Waals surface area (Å²) >= 11 is 0. The summed E-state index contributed by atoms with van der Waals surface area (Å²) in [6.07, 6.45) is 1.04. The van der Waals surface area contributed by atoms with Gasteiger partial charge in [0.15, 0.2) is 23.4 Å². The third-order valence-electron chi connectivity index (χ3n) is 8.79. The summed E-state index contributed by atoms with van der Waals surface area (Å²) < 4.78 is 31.2. The maximum atomic E-state index is 13.2. The Kier molecular flexibility index (Phi) is 2.89. The van der Waals surface area contributed by atoms with Gasteiger partial charge in [-0.1, -0.05) is 19.9 Å². The predicted molar refractivity (Wildman–Crippen MR) is 232 cm³/mol. The van der Waals surface area contributed by atoms with Gasteiger partial charge in [-0.05, 0) is 63.1 Å². The number of piperidine rings is 1. The van der Waals surface area contributed by atoms with Crippen molar-refractivity contribution in [3.63, 3.8) is 0 Å². The third kappa shape index (κ3) is 1.69. The quantitative estimate of drug-likeness (QED) is 0.390. The van der Waals surface area contributed by atoms with E-state index in [1.54, 1.807) is 7.11 Å². The minimum absolute atomic E-state index is 0. The molecule has 0 aromatic heterocycles. The first-order valence-corrected chi connectivity index (χ1v) is 10.3. The summed E-state index contributed by atoms with van der Waals surface area (Å²) in [6, 6.07) is 0.870. The van der Waals surface area contributed by atoms with E-state index in [4.69, 9.17) is 13.8 Å². The molecule has 2 bridgehead atoms. The number of ether oxygens (including phenoxy) is 2. The summed E-state index contributed by atoms with van der Waals surface area (Å²) in [7, 11) is 3.88. The van der Waals surface area contributed by atoms with E-state index in [0.29, 0.717) is 30.2 Å². The number of carbonyl (C=O) groups is 1. The first-order chi connectivity index (χ1) is 14.1. The van der Waals surface area contributed by atoms with Crippen LogP contribution in [-0.4, -0.2) is 42.5 Å². The van der Waals surface area contributed by atoms with Crippen molar-refractivity contribution in [3.05, 3.63) is 22.7 Å². The SMILES string of the molecule is [2H][2H].[2H]c1c(C)c(OC)c2c3c1C(C)[C@@H]1[C@@H]4CCC(=O)[C@H](O2)[C@]34C(C)C(C)(C)N1C.[HH].[HH].[HH].[HH].[HH].[HH].[HH].[HH].[HH].[HH].[HH].[HH].[HH].[HH].[HH].[HH].[HH].[HH].[HH].[HH].[HH].[HH].[HH].[HH].[HH].[HH].[HH].[HH].[HH].[HH].[HH].[HH].[HH].[HH].[HH].[HH].[HH].[HH].[HH].[HH].[HH].[HH].[HH].[HH].[HH].[HH].[HH].[HH].[HH].[HH].[HH].[HH].[HH].[HH].[HH].[HH].[HH].[HH].[HH]. The van der Waals surface area contributed by atoms with Gasteiger partial charge in [0.05, 0.1) is 13.9 Å². The highest BCUT2D eigenvalue weighted by Gasteiger charge is 2.72. The van der Waals surface area contributed by atoms with Crippen molar-refractivity contribution in [2.45, 2.75) is 76.5 Å². The first kappa shape index (κ1) is 15.4. The zero-order chi connectivity index (χ0) is 22.3. The molecule has 1 saturated heterocycles. The Morgan fingerprint density at radius 3 is 2.85 bits per heavy atom. The summed E-state index contributed by atoms with van der Waals surface area (Å²) in [5.74, 6) is 2.41. The van der Waals surface area contributed by atoms with E-state index in [1.165, 1.54) is 0 Å². The molecule has 2 fully saturated rings. The van der Waals surface area contributed by atoms with Crippen LogP contribution in [0.15, 0.2) is 6.04 Å². The second-order valence-electron chi connectivity index (χ2n) is 9.71. The fraction of sp³-hybridized carbons (Fsp3) is 0.696. The molecule has 1 aromatic carbocycles. The largest absolute Gasteiger partial charge is 0.493 e. The molecule has 2 aliphatic carbocycles. The summed E-state index contributed by atoms with van der Waals surface area (Å²) in [5, 5.41) is 0. The molecule has 2 unspecified atom stereocenters. The van der Waals surface area contributed by atoms with Crippen molar-refractivity contribution in [2.75, 3.05) is 14.2 Å². The van der Waals surface area contributed by atoms with E-state index in [2.05, 4.69) is 39.6 Å². The van der Waals surface area contributed by atoms with E-state index in [0.717, 1.165) is 28.9 Å². The minimum Gasteiger partial charge on any atom is -0.493 e. The maximum absolute atomic E-state index is 13.2. The zero-order valence-corrected chi connectivity index (χ0v) is 17.5. The average molecular weight is 493 g/mol. The number of likely N-dealkylation sites (tertiary alicyclic amines) is 1. The van der Waals surface area contributed by atoms with Crippen LogP contribution in [-0.2, 0) is 10.2 Å². The lowest BCUT2D eigenvalue weighted by atomic mass is 9.43. The molecule has 6 atom stereocenters. The second kappa shape index (κ2) is 5.08. The highest BCUT2D eigenvalue weighted by Crippen LogP contribution is 2.69. The molecule has 2 aliphatic heterocycles. The molecular weight excluding hydrogens is 338 g/mol. The van der Waals surface area contributed by atoms with Crippen molar-refractivity contribution < 1.29 is 103 Å². The highest BCUT2D eigenvalue weighted by molar-refractivity contribution is 5.89. The zero-order valence-electron chi connectivity index (χ0n) is 20.5. The number of hydrogen-bond acceptors (Lipinski definition) is 4. The molecule has 1 spiro atoms. The number of rotatable bonds is 1. The van der Waals surface area contributed by atoms with E-state index >= 15 is 0 Å². The molecule has 1 saturated carbocycles. The number of methoxy groups -OCH3 is 1. The molecule has 5 rings (SSSR count). The van der Waals surface area contributed by atoms with Crippen LogP contribution in [0.3, 0.4) is 0 Å². The molecule has 0 radical (unpaired) electrons. The van der Waals surface area contributed by atoms with Crippen LogP contribution in [0.4, 0.5) is 0 Å². The Labute approximate surface area is 254 Å². The topological polar surface area (TPSA) is 38.8 Å². The Morgan fingerprint density at radius 1 is 1.48 bits per heavy atom. The standard InChI is InChI=1S/C23H31NO3.60H2/c1-11-10-14-12(2)18-15-8-9-16(25)21-23(15,13(3)22(4,5)24(18)6)17(14)20(27-21)19(11)26-7;;;;;;;;;;;;;;;;;;;;;;;;;;;;;;;;;;;;;;;;;;;;;;;;;;;;;;;;;;;;/h10,12-13,15,18,21H,8-9H2,1-7H3;60*1H/t12?,13?,15-,18+,21-,23-;;;;;;;;;;;;;;;;;;;;;;;;;;;;;;;;;;;;;;;;;;;;;;;;;;;;;;;;;;;;/m0............................................................/s1/i10D;1+1D;;;;;;;;;;;;;;;;;;;;;;;;;;;;;;;;;;;;;;;;;;;;;;;;;;;;;;;;;;;. The Morgan fingerprint density at radius 2 is 2.19 bits per heavy atom. The van der Waals surface area contributed by atoms with Crippen LogP contribution in [0.5, 0.6) is 11.5 Å². The fourth-order valence-corrected chi connectivity index (χ4v) is 7.20. The molecule has 2 heterocycles. The number of benzene rings is 1. The number of Topliss-reactive ketones (excluding diaryl/α,β-unsaturated/α-hetero) is 1. The second-order valence-corrected chi connectivity index (χ2v) is 9.71. The lowest BCUT2D eigenvalue weighted by Crippen LogP contribution is -2.75. The van der Waals surface area contributed by atoms with Gasteiger partial charge in [0.1, 0.15) is 0 Å². The summed E-state index contributed by atoms with van der Waals surface area (Å²) in [6.45, 7) is 11.1. The van der Waals surface area contributed by atoms with Crippen LogP contribution in [0, 0.1) is 18.8 Å². The highest BCUT2D eigenvalue weighted by atomic mass is 16.5. The van der Waals surface area contributed by atoms with Gasteiger partial charge in [-0.2, -0.15) is 0 Å². The first-order valence-electron chi connectivity index (χ1n) is 11.8. The van der Waals surface area contributed by atoms with Gasteiger partial charge in [0, 0.05) is 111 Å². The monoisotopic (exact) mass is 493 g/mol. The van der Waals surface area contributed by atoms with Crippen LogP contribution < -0.4 is 9.47 Å². The van der Waals surface area contributed by atoms with E-state index < -0.39 is 6.10 Å². The van der Waals surface area contributed by atoms with Crippen molar-refractivity contribution >= 4 is 5.78 Å². The Bertz CT molecular complexity index is 982. The molecule has 266 valence electrons. The third-order valence-corrected chi connectivity index (χ3v) is 8.79. The van der Waals surface area contributed by atoms with Gasteiger partial charge in [0.25, 0.3) is 0 Å². The maximum Gasteiger partial charge on any atom is 0.174 e. The van der Waals surface area contributed by atoms with Crippen LogP contribution in [0.2, 0.25) is 0 Å². The van der Waals surface area contributed by atoms with Crippen LogP contribution in [0.1, 0.15) is 152 Å². The molecule has 1 aromatic rings. The molecule has 0 N–H and O–H groups in total. The van der Waals surface area contributed by atoms with E-state index in [1.807, 2.05) is 6.92 Å². The Balaban J connectivity index is -0.00000000328. The number of likely N-dealkylation sites (N-methyl/N-ethyl adjacent to an activating group) is 1. The molecule has 27 heavy (non-hydrogen) atoms. The van der Waals surface area contributed by atoms with Gasteiger partial charge in [-0.15, -0.1) is 0 Å². The van der Waals surface area contributed by atoms with Gasteiger partial charge >= 0.3 is 0 Å². The molecular formula is C23H151NO3. The van der Waals surface area contributed by atoms with Gasteiger partial charge in [-0.3, -0.25) is 9.69 Å². The van der Waals surface area contributed by atoms with Crippen molar-refractivity contribution in [1.82, 2.24) is 4.90 Å². The summed E-state index contributed by atoms with van der Waals surface area (Å²) in [4.78, 5) is 15.7. The van der Waals surface area contributed by atoms with E-state index in [9.17, 15) is 4.79 Å². The summed E-state index contributed by atoms with van der Waals surface area (Å²) in [5.41, 5.74) is 2.59. The normalized spacial score (nSPS) is 42.0. The predicted octanol–water partition coefficient (Wildman–Crippen LogP) is 18.6. The smallest absolute Gasteiger partial charge is 0.174 e. The molecule has 4 heteroatoms. The lowest BCUT2D eigenvalue weighted by molar-refractivity contribution is -0.161. The van der Waals surface area contributed by atoms with Gasteiger partial charge in [0.2, 0.25) is 0 Å². The average Bonchev–Trinajstić information content (AvgIpc) is 3.07.